The quantitative estimate of drug-likeness (QED) is 0.295. The molecule has 0 saturated carbocycles. The molecule has 0 radical (unpaired) electrons. The summed E-state index contributed by atoms with van der Waals surface area (Å²) in [5.41, 5.74) is -3.55. The van der Waals surface area contributed by atoms with Gasteiger partial charge in [-0.3, -0.25) is 4.79 Å². The predicted octanol–water partition coefficient (Wildman–Crippen LogP) is 4.03. The Morgan fingerprint density at radius 3 is 2.25 bits per heavy atom. The zero-order valence-electron chi connectivity index (χ0n) is 19.1. The van der Waals surface area contributed by atoms with Crippen LogP contribution in [0.2, 0.25) is 0 Å². The molecule has 8 nitrogen and oxygen atoms in total. The Labute approximate surface area is 210 Å². The maximum Gasteiger partial charge on any atom is 0.534 e. The average molecular weight is 544 g/mol. The summed E-state index contributed by atoms with van der Waals surface area (Å²) in [6.07, 6.45) is 0.407. The zero-order chi connectivity index (χ0) is 25.8. The highest BCUT2D eigenvalue weighted by molar-refractivity contribution is 7.88. The molecule has 3 aromatic rings. The van der Waals surface area contributed by atoms with Gasteiger partial charge in [-0.2, -0.15) is 21.6 Å². The highest BCUT2D eigenvalue weighted by Gasteiger charge is 2.49. The monoisotopic (exact) mass is 543 g/mol. The predicted molar refractivity (Wildman–Crippen MR) is 128 cm³/mol. The summed E-state index contributed by atoms with van der Waals surface area (Å²) < 4.78 is 69.2. The van der Waals surface area contributed by atoms with Gasteiger partial charge >= 0.3 is 21.6 Å². The van der Waals surface area contributed by atoms with Gasteiger partial charge in [-0.15, -0.1) is 0 Å². The van der Waals surface area contributed by atoms with Gasteiger partial charge in [0.05, 0.1) is 16.6 Å². The van der Waals surface area contributed by atoms with E-state index in [2.05, 4.69) is 14.1 Å². The average Bonchev–Trinajstić information content (AvgIpc) is 3.24. The van der Waals surface area contributed by atoms with Crippen molar-refractivity contribution in [3.05, 3.63) is 54.1 Å². The van der Waals surface area contributed by atoms with E-state index < -0.39 is 28.0 Å². The van der Waals surface area contributed by atoms with Crippen molar-refractivity contribution >= 4 is 37.6 Å². The van der Waals surface area contributed by atoms with Gasteiger partial charge in [-0.1, -0.05) is 35.6 Å². The number of nitrogens with zero attached hydrogens (tertiary/aromatic N) is 3. The van der Waals surface area contributed by atoms with E-state index in [1.54, 1.807) is 0 Å². The van der Waals surface area contributed by atoms with Crippen LogP contribution in [-0.4, -0.2) is 73.9 Å². The molecule has 1 fully saturated rings. The summed E-state index contributed by atoms with van der Waals surface area (Å²) in [7, 11) is -5.90. The molecule has 1 aliphatic heterocycles. The van der Waals surface area contributed by atoms with Crippen molar-refractivity contribution in [1.82, 2.24) is 14.8 Å². The van der Waals surface area contributed by atoms with Crippen LogP contribution in [0.3, 0.4) is 0 Å². The number of rotatable bonds is 9. The Balaban J connectivity index is 1.16. The molecule has 2 heterocycles. The van der Waals surface area contributed by atoms with Crippen molar-refractivity contribution in [2.75, 3.05) is 39.3 Å². The molecule has 0 atom stereocenters. The molecule has 0 N–H and O–H groups in total. The maximum atomic E-state index is 12.3. The van der Waals surface area contributed by atoms with E-state index in [1.165, 1.54) is 11.3 Å². The highest BCUT2D eigenvalue weighted by atomic mass is 32.2. The molecule has 194 valence electrons. The SMILES string of the molecule is O=C(CCN1CCN(CCc2ccc(Oc3nc4ccccc4s3)cc2)CC1)OS(=O)(=O)C(F)(F)F. The number of fused-ring (bicyclic) bond motifs is 1. The molecule has 1 aromatic heterocycles. The number of thiazole rings is 1. The standard InChI is InChI=1S/C23H24F3N3O5S2/c24-23(25,26)36(31,32)34-21(30)10-12-29-15-13-28(14-16-29)11-9-17-5-7-18(8-6-17)33-22-27-19-3-1-2-4-20(19)35-22/h1-8H,9-16H2. The number of alkyl halides is 3. The number of benzene rings is 2. The van der Waals surface area contributed by atoms with E-state index in [0.717, 1.165) is 41.8 Å². The molecule has 1 aliphatic rings. The lowest BCUT2D eigenvalue weighted by Crippen LogP contribution is -2.47. The molecule has 0 spiro atoms. The minimum absolute atomic E-state index is 0.135. The molecule has 2 aromatic carbocycles. The third kappa shape index (κ3) is 6.93. The van der Waals surface area contributed by atoms with E-state index in [4.69, 9.17) is 4.74 Å². The number of carbonyl (C=O) groups excluding carboxylic acids is 1. The molecule has 1 saturated heterocycles. The van der Waals surface area contributed by atoms with Crippen molar-refractivity contribution < 1.29 is 35.3 Å². The second-order valence-electron chi connectivity index (χ2n) is 8.23. The molecule has 0 bridgehead atoms. The van der Waals surface area contributed by atoms with Crippen LogP contribution in [-0.2, 0) is 25.5 Å². The normalized spacial score (nSPS) is 15.8. The Kier molecular flexibility index (Phi) is 8.13. The first-order valence-electron chi connectivity index (χ1n) is 11.2. The van der Waals surface area contributed by atoms with Gasteiger partial charge in [-0.25, -0.2) is 4.98 Å². The van der Waals surface area contributed by atoms with Gasteiger partial charge in [0.25, 0.3) is 5.19 Å². The minimum Gasteiger partial charge on any atom is -0.431 e. The number of piperazine rings is 1. The van der Waals surface area contributed by atoms with Crippen LogP contribution in [0.15, 0.2) is 48.5 Å². The van der Waals surface area contributed by atoms with Gasteiger partial charge in [-0.05, 0) is 36.2 Å². The second kappa shape index (κ2) is 11.1. The van der Waals surface area contributed by atoms with Crippen molar-refractivity contribution in [1.29, 1.82) is 0 Å². The molecule has 13 heteroatoms. The Morgan fingerprint density at radius 1 is 0.972 bits per heavy atom. The number of aromatic nitrogens is 1. The number of halogens is 3. The Morgan fingerprint density at radius 2 is 1.61 bits per heavy atom. The van der Waals surface area contributed by atoms with Crippen molar-refractivity contribution in [3.63, 3.8) is 0 Å². The molecule has 0 amide bonds. The third-order valence-electron chi connectivity index (χ3n) is 5.70. The molecule has 0 unspecified atom stereocenters. The van der Waals surface area contributed by atoms with Crippen LogP contribution >= 0.6 is 11.3 Å². The maximum absolute atomic E-state index is 12.3. The topological polar surface area (TPSA) is 89.0 Å². The van der Waals surface area contributed by atoms with Gasteiger partial charge in [0.2, 0.25) is 0 Å². The van der Waals surface area contributed by atoms with Gasteiger partial charge in [0, 0.05) is 39.3 Å². The van der Waals surface area contributed by atoms with Crippen LogP contribution in [0.25, 0.3) is 10.2 Å². The number of hydrogen-bond acceptors (Lipinski definition) is 9. The molecule has 4 rings (SSSR count). The van der Waals surface area contributed by atoms with Crippen LogP contribution < -0.4 is 4.74 Å². The summed E-state index contributed by atoms with van der Waals surface area (Å²) in [6.45, 7) is 3.67. The Hall–Kier alpha value is -2.74. The third-order valence-corrected chi connectivity index (χ3v) is 7.59. The fourth-order valence-electron chi connectivity index (χ4n) is 3.70. The summed E-state index contributed by atoms with van der Waals surface area (Å²) in [4.78, 5) is 20.1. The summed E-state index contributed by atoms with van der Waals surface area (Å²) in [5.74, 6) is -0.696. The van der Waals surface area contributed by atoms with Crippen LogP contribution in [0, 0.1) is 0 Å². The van der Waals surface area contributed by atoms with E-state index >= 15 is 0 Å². The van der Waals surface area contributed by atoms with Crippen LogP contribution in [0.1, 0.15) is 12.0 Å². The van der Waals surface area contributed by atoms with Gasteiger partial charge < -0.3 is 18.7 Å². The highest BCUT2D eigenvalue weighted by Crippen LogP contribution is 2.31. The first-order valence-corrected chi connectivity index (χ1v) is 13.4. The number of ether oxygens (including phenoxy) is 1. The number of hydrogen-bond donors (Lipinski definition) is 0. The summed E-state index contributed by atoms with van der Waals surface area (Å²) >= 11 is 1.49. The first kappa shape index (κ1) is 26.3. The summed E-state index contributed by atoms with van der Waals surface area (Å²) in [5, 5.41) is 0.594. The van der Waals surface area contributed by atoms with Gasteiger partial charge in [0.15, 0.2) is 0 Å². The second-order valence-corrected chi connectivity index (χ2v) is 10.8. The van der Waals surface area contributed by atoms with E-state index in [9.17, 15) is 26.4 Å². The van der Waals surface area contributed by atoms with Crippen LogP contribution in [0.4, 0.5) is 13.2 Å². The smallest absolute Gasteiger partial charge is 0.431 e. The number of carbonyl (C=O) groups is 1. The van der Waals surface area contributed by atoms with Crippen LogP contribution in [0.5, 0.6) is 10.9 Å². The van der Waals surface area contributed by atoms with E-state index in [0.29, 0.717) is 24.0 Å². The Bertz CT molecular complexity index is 1260. The fourth-order valence-corrected chi connectivity index (χ4v) is 4.96. The summed E-state index contributed by atoms with van der Waals surface area (Å²) in [6, 6.07) is 15.7. The van der Waals surface area contributed by atoms with Crippen molar-refractivity contribution in [2.45, 2.75) is 18.3 Å². The molecular formula is C23H24F3N3O5S2. The molecule has 36 heavy (non-hydrogen) atoms. The van der Waals surface area contributed by atoms with Crippen molar-refractivity contribution in [3.8, 4) is 10.9 Å². The number of para-hydroxylation sites is 1. The first-order chi connectivity index (χ1) is 17.1. The van der Waals surface area contributed by atoms with E-state index in [-0.39, 0.29) is 6.54 Å². The van der Waals surface area contributed by atoms with E-state index in [1.807, 2.05) is 53.4 Å². The molecular weight excluding hydrogens is 519 g/mol. The lowest BCUT2D eigenvalue weighted by atomic mass is 10.1. The van der Waals surface area contributed by atoms with Crippen molar-refractivity contribution in [2.24, 2.45) is 0 Å². The zero-order valence-corrected chi connectivity index (χ0v) is 20.7. The minimum atomic E-state index is -5.90. The fraction of sp³-hybridized carbons (Fsp3) is 0.391. The lowest BCUT2D eigenvalue weighted by molar-refractivity contribution is -0.136. The lowest BCUT2D eigenvalue weighted by Gasteiger charge is -2.34. The van der Waals surface area contributed by atoms with Gasteiger partial charge in [0.1, 0.15) is 5.75 Å². The largest absolute Gasteiger partial charge is 0.534 e. The molecule has 0 aliphatic carbocycles.